The second-order valence-corrected chi connectivity index (χ2v) is 9.21. The van der Waals surface area contributed by atoms with Gasteiger partial charge in [-0.2, -0.15) is 0 Å². The number of carbonyl (C=O) groups excluding carboxylic acids is 1. The summed E-state index contributed by atoms with van der Waals surface area (Å²) in [6.45, 7) is 11.5. The first kappa shape index (κ1) is 22.5. The monoisotopic (exact) mass is 432 g/mol. The first-order chi connectivity index (χ1) is 14.3. The van der Waals surface area contributed by atoms with E-state index in [0.717, 1.165) is 48.5 Å². The zero-order valence-corrected chi connectivity index (χ0v) is 19.3. The predicted molar refractivity (Wildman–Crippen MR) is 125 cm³/mol. The molecular formula is C23H33ClN4O2. The molecule has 0 aliphatic carbocycles. The van der Waals surface area contributed by atoms with Crippen LogP contribution in [0, 0.1) is 0 Å². The SMILES string of the molecule is CCCCCNc1cc(N2CCN(C(=O)OC(C)(C)C)CC2)c2ccc(Cl)cc2n1. The number of fused-ring (bicyclic) bond motifs is 1. The average Bonchev–Trinajstić information content (AvgIpc) is 2.69. The number of hydrogen-bond donors (Lipinski definition) is 1. The van der Waals surface area contributed by atoms with Crippen molar-refractivity contribution in [2.75, 3.05) is 42.9 Å². The Labute approximate surface area is 184 Å². The molecule has 0 atom stereocenters. The third kappa shape index (κ3) is 5.91. The number of hydrogen-bond acceptors (Lipinski definition) is 5. The van der Waals surface area contributed by atoms with Crippen molar-refractivity contribution in [1.82, 2.24) is 9.88 Å². The lowest BCUT2D eigenvalue weighted by Crippen LogP contribution is -2.50. The predicted octanol–water partition coefficient (Wildman–Crippen LogP) is 5.55. The molecule has 3 rings (SSSR count). The van der Waals surface area contributed by atoms with Gasteiger partial charge < -0.3 is 19.9 Å². The van der Waals surface area contributed by atoms with Gasteiger partial charge in [0.05, 0.1) is 5.52 Å². The molecule has 30 heavy (non-hydrogen) atoms. The third-order valence-electron chi connectivity index (χ3n) is 5.11. The molecule has 1 N–H and O–H groups in total. The number of aromatic nitrogens is 1. The number of nitrogens with one attached hydrogen (secondary N) is 1. The summed E-state index contributed by atoms with van der Waals surface area (Å²) in [7, 11) is 0. The number of anilines is 2. The first-order valence-electron chi connectivity index (χ1n) is 10.8. The van der Waals surface area contributed by atoms with Gasteiger partial charge in [0.25, 0.3) is 0 Å². The number of ether oxygens (including phenoxy) is 1. The largest absolute Gasteiger partial charge is 0.444 e. The lowest BCUT2D eigenvalue weighted by atomic mass is 10.1. The van der Waals surface area contributed by atoms with Gasteiger partial charge in [-0.05, 0) is 45.4 Å². The van der Waals surface area contributed by atoms with Crippen LogP contribution in [0.5, 0.6) is 0 Å². The summed E-state index contributed by atoms with van der Waals surface area (Å²) in [6, 6.07) is 7.96. The number of unbranched alkanes of at least 4 members (excludes halogenated alkanes) is 2. The van der Waals surface area contributed by atoms with Crippen LogP contribution in [0.25, 0.3) is 10.9 Å². The van der Waals surface area contributed by atoms with E-state index < -0.39 is 5.60 Å². The molecule has 0 radical (unpaired) electrons. The van der Waals surface area contributed by atoms with Crippen molar-refractivity contribution < 1.29 is 9.53 Å². The van der Waals surface area contributed by atoms with Crippen molar-refractivity contribution in [3.8, 4) is 0 Å². The number of benzene rings is 1. The molecule has 0 unspecified atom stereocenters. The molecule has 1 aromatic carbocycles. The molecule has 1 saturated heterocycles. The van der Waals surface area contributed by atoms with Crippen LogP contribution in [-0.2, 0) is 4.74 Å². The van der Waals surface area contributed by atoms with Gasteiger partial charge in [0.1, 0.15) is 11.4 Å². The molecule has 2 aromatic rings. The summed E-state index contributed by atoms with van der Waals surface area (Å²) in [5.41, 5.74) is 1.53. The van der Waals surface area contributed by atoms with Crippen molar-refractivity contribution in [2.24, 2.45) is 0 Å². The highest BCUT2D eigenvalue weighted by molar-refractivity contribution is 6.31. The second-order valence-electron chi connectivity index (χ2n) is 8.78. The fourth-order valence-electron chi connectivity index (χ4n) is 3.58. The average molecular weight is 433 g/mol. The highest BCUT2D eigenvalue weighted by Crippen LogP contribution is 2.31. The Balaban J connectivity index is 1.77. The van der Waals surface area contributed by atoms with Crippen LogP contribution in [0.4, 0.5) is 16.3 Å². The van der Waals surface area contributed by atoms with E-state index in [9.17, 15) is 4.79 Å². The normalized spacial score (nSPS) is 14.8. The van der Waals surface area contributed by atoms with Gasteiger partial charge in [-0.15, -0.1) is 0 Å². The molecule has 1 aromatic heterocycles. The Morgan fingerprint density at radius 3 is 2.57 bits per heavy atom. The van der Waals surface area contributed by atoms with Gasteiger partial charge in [-0.25, -0.2) is 9.78 Å². The molecule has 6 nitrogen and oxygen atoms in total. The highest BCUT2D eigenvalue weighted by Gasteiger charge is 2.26. The van der Waals surface area contributed by atoms with E-state index in [2.05, 4.69) is 23.2 Å². The molecule has 2 heterocycles. The van der Waals surface area contributed by atoms with Gasteiger partial charge in [0.2, 0.25) is 0 Å². The Morgan fingerprint density at radius 1 is 1.17 bits per heavy atom. The van der Waals surface area contributed by atoms with Crippen LogP contribution in [0.1, 0.15) is 47.0 Å². The molecule has 0 saturated carbocycles. The van der Waals surface area contributed by atoms with Crippen LogP contribution in [0.15, 0.2) is 24.3 Å². The number of piperazine rings is 1. The van der Waals surface area contributed by atoms with Crippen molar-refractivity contribution in [1.29, 1.82) is 0 Å². The summed E-state index contributed by atoms with van der Waals surface area (Å²) >= 11 is 6.23. The van der Waals surface area contributed by atoms with Crippen molar-refractivity contribution in [3.05, 3.63) is 29.3 Å². The first-order valence-corrected chi connectivity index (χ1v) is 11.2. The fourth-order valence-corrected chi connectivity index (χ4v) is 3.75. The summed E-state index contributed by atoms with van der Waals surface area (Å²) in [4.78, 5) is 21.2. The number of nitrogens with zero attached hydrogens (tertiary/aromatic N) is 3. The standard InChI is InChI=1S/C23H33ClN4O2/c1-5-6-7-10-25-21-16-20(18-9-8-17(24)15-19(18)26-21)27-11-13-28(14-12-27)22(29)30-23(2,3)4/h8-9,15-16H,5-7,10-14H2,1-4H3,(H,25,26). The summed E-state index contributed by atoms with van der Waals surface area (Å²) in [5.74, 6) is 0.866. The summed E-state index contributed by atoms with van der Waals surface area (Å²) in [5, 5.41) is 5.21. The van der Waals surface area contributed by atoms with Gasteiger partial charge >= 0.3 is 6.09 Å². The van der Waals surface area contributed by atoms with Crippen LogP contribution in [0.2, 0.25) is 5.02 Å². The minimum absolute atomic E-state index is 0.244. The highest BCUT2D eigenvalue weighted by atomic mass is 35.5. The van der Waals surface area contributed by atoms with E-state index in [1.807, 2.05) is 39.0 Å². The van der Waals surface area contributed by atoms with Gasteiger partial charge in [0, 0.05) is 54.9 Å². The minimum atomic E-state index is -0.479. The number of rotatable bonds is 6. The number of pyridine rings is 1. The minimum Gasteiger partial charge on any atom is -0.444 e. The quantitative estimate of drug-likeness (QED) is 0.606. The fraction of sp³-hybridized carbons (Fsp3) is 0.565. The molecule has 7 heteroatoms. The zero-order chi connectivity index (χ0) is 21.7. The van der Waals surface area contributed by atoms with E-state index in [-0.39, 0.29) is 6.09 Å². The number of carbonyl (C=O) groups is 1. The second kappa shape index (κ2) is 9.73. The lowest BCUT2D eigenvalue weighted by Gasteiger charge is -2.37. The van der Waals surface area contributed by atoms with Crippen molar-refractivity contribution >= 4 is 40.1 Å². The maximum atomic E-state index is 12.4. The van der Waals surface area contributed by atoms with Crippen LogP contribution < -0.4 is 10.2 Å². The van der Waals surface area contributed by atoms with E-state index in [1.165, 1.54) is 12.8 Å². The Bertz CT molecular complexity index is 873. The molecular weight excluding hydrogens is 400 g/mol. The lowest BCUT2D eigenvalue weighted by molar-refractivity contribution is 0.0240. The zero-order valence-electron chi connectivity index (χ0n) is 18.5. The Hall–Kier alpha value is -2.21. The van der Waals surface area contributed by atoms with E-state index in [4.69, 9.17) is 21.3 Å². The van der Waals surface area contributed by atoms with E-state index in [0.29, 0.717) is 18.1 Å². The number of halogens is 1. The third-order valence-corrected chi connectivity index (χ3v) is 5.34. The van der Waals surface area contributed by atoms with Crippen molar-refractivity contribution in [3.63, 3.8) is 0 Å². The smallest absolute Gasteiger partial charge is 0.410 e. The van der Waals surface area contributed by atoms with Gasteiger partial charge in [0.15, 0.2) is 0 Å². The van der Waals surface area contributed by atoms with Gasteiger partial charge in [-0.1, -0.05) is 31.4 Å². The molecule has 1 aliphatic rings. The molecule has 1 fully saturated rings. The molecule has 0 spiro atoms. The Kier molecular flexibility index (Phi) is 7.29. The van der Waals surface area contributed by atoms with Crippen LogP contribution in [0.3, 0.4) is 0 Å². The maximum absolute atomic E-state index is 12.4. The summed E-state index contributed by atoms with van der Waals surface area (Å²) in [6.07, 6.45) is 3.27. The van der Waals surface area contributed by atoms with Crippen LogP contribution in [-0.4, -0.2) is 54.3 Å². The molecule has 164 valence electrons. The molecule has 0 bridgehead atoms. The van der Waals surface area contributed by atoms with Crippen LogP contribution >= 0.6 is 11.6 Å². The molecule has 1 amide bonds. The van der Waals surface area contributed by atoms with Gasteiger partial charge in [-0.3, -0.25) is 0 Å². The molecule has 1 aliphatic heterocycles. The summed E-state index contributed by atoms with van der Waals surface area (Å²) < 4.78 is 5.52. The van der Waals surface area contributed by atoms with Crippen molar-refractivity contribution in [2.45, 2.75) is 52.6 Å². The van der Waals surface area contributed by atoms with E-state index in [1.54, 1.807) is 4.90 Å². The Morgan fingerprint density at radius 2 is 1.90 bits per heavy atom. The number of amides is 1. The maximum Gasteiger partial charge on any atom is 0.410 e. The topological polar surface area (TPSA) is 57.7 Å². The van der Waals surface area contributed by atoms with E-state index >= 15 is 0 Å².